The Kier molecular flexibility index (Phi) is 3.29. The van der Waals surface area contributed by atoms with Crippen LogP contribution in [0, 0.1) is 11.3 Å². The van der Waals surface area contributed by atoms with E-state index in [9.17, 15) is 0 Å². The first-order valence-electron chi connectivity index (χ1n) is 5.71. The van der Waals surface area contributed by atoms with Crippen LogP contribution in [-0.2, 0) is 6.54 Å². The molecule has 0 saturated heterocycles. The van der Waals surface area contributed by atoms with Gasteiger partial charge in [-0.15, -0.1) is 0 Å². The number of nitriles is 1. The molecule has 4 nitrogen and oxygen atoms in total. The first-order valence-corrected chi connectivity index (χ1v) is 5.71. The smallest absolute Gasteiger partial charge is 0.198 e. The Bertz CT molecular complexity index is 473. The number of guanidine groups is 1. The Balaban J connectivity index is 2.11. The molecular formula is C13H16N4. The highest BCUT2D eigenvalue weighted by molar-refractivity contribution is 5.95. The molecule has 1 aromatic carbocycles. The normalized spacial score (nSPS) is 15.0. The van der Waals surface area contributed by atoms with E-state index in [0.29, 0.717) is 13.0 Å². The Labute approximate surface area is 102 Å². The number of benzene rings is 1. The lowest BCUT2D eigenvalue weighted by molar-refractivity contribution is 0.392. The molecule has 0 radical (unpaired) electrons. The topological polar surface area (TPSA) is 51.4 Å². The van der Waals surface area contributed by atoms with Crippen molar-refractivity contribution in [2.45, 2.75) is 25.9 Å². The molecule has 0 amide bonds. The maximum atomic E-state index is 8.70. The number of fused-ring (bicyclic) bond motifs is 1. The van der Waals surface area contributed by atoms with Crippen molar-refractivity contribution in [3.05, 3.63) is 29.8 Å². The van der Waals surface area contributed by atoms with Gasteiger partial charge >= 0.3 is 0 Å². The largest absolute Gasteiger partial charge is 0.342 e. The quantitative estimate of drug-likeness (QED) is 0.844. The summed E-state index contributed by atoms with van der Waals surface area (Å²) in [7, 11) is 1.96. The fourth-order valence-corrected chi connectivity index (χ4v) is 1.78. The zero-order chi connectivity index (χ0) is 12.3. The molecule has 4 heteroatoms. The molecule has 0 spiro atoms. The highest BCUT2D eigenvalue weighted by atomic mass is 15.3. The van der Waals surface area contributed by atoms with E-state index in [1.807, 2.05) is 37.1 Å². The predicted octanol–water partition coefficient (Wildman–Crippen LogP) is 2.20. The average Bonchev–Trinajstić information content (AvgIpc) is 2.37. The minimum Gasteiger partial charge on any atom is -0.342 e. The second kappa shape index (κ2) is 4.88. The van der Waals surface area contributed by atoms with Crippen molar-refractivity contribution >= 4 is 11.6 Å². The number of hydrogen-bond donors (Lipinski definition) is 1. The van der Waals surface area contributed by atoms with Crippen molar-refractivity contribution in [3.63, 3.8) is 0 Å². The van der Waals surface area contributed by atoms with Gasteiger partial charge in [0.2, 0.25) is 0 Å². The van der Waals surface area contributed by atoms with E-state index in [1.165, 1.54) is 5.56 Å². The lowest BCUT2D eigenvalue weighted by Gasteiger charge is -2.29. The van der Waals surface area contributed by atoms with E-state index < -0.39 is 0 Å². The van der Waals surface area contributed by atoms with Gasteiger partial charge in [-0.3, -0.25) is 0 Å². The number of hydrogen-bond acceptors (Lipinski definition) is 4. The van der Waals surface area contributed by atoms with Crippen LogP contribution in [0.2, 0.25) is 0 Å². The molecule has 0 saturated carbocycles. The van der Waals surface area contributed by atoms with E-state index in [1.54, 1.807) is 0 Å². The average molecular weight is 228 g/mol. The summed E-state index contributed by atoms with van der Waals surface area (Å²) < 4.78 is 0. The molecule has 1 aliphatic heterocycles. The van der Waals surface area contributed by atoms with E-state index >= 15 is 0 Å². The fraction of sp³-hybridized carbons (Fsp3) is 0.385. The molecule has 0 aromatic heterocycles. The third-order valence-corrected chi connectivity index (χ3v) is 3.04. The summed E-state index contributed by atoms with van der Waals surface area (Å²) in [6.07, 6.45) is 0.499. The van der Waals surface area contributed by atoms with Crippen LogP contribution in [-0.4, -0.2) is 23.9 Å². The van der Waals surface area contributed by atoms with Crippen LogP contribution < -0.4 is 5.32 Å². The lowest BCUT2D eigenvalue weighted by Crippen LogP contribution is -2.40. The number of aliphatic imine (C=N–C) groups is 1. The van der Waals surface area contributed by atoms with Gasteiger partial charge in [0.05, 0.1) is 19.0 Å². The maximum Gasteiger partial charge on any atom is 0.198 e. The SMILES string of the molecule is CC(CC#N)N(C)C1=NCc2ccccc2N1. The van der Waals surface area contributed by atoms with Crippen molar-refractivity contribution in [2.75, 3.05) is 12.4 Å². The van der Waals surface area contributed by atoms with E-state index in [-0.39, 0.29) is 6.04 Å². The van der Waals surface area contributed by atoms with Gasteiger partial charge in [0.25, 0.3) is 0 Å². The van der Waals surface area contributed by atoms with Crippen LogP contribution in [0.4, 0.5) is 5.69 Å². The van der Waals surface area contributed by atoms with Gasteiger partial charge < -0.3 is 10.2 Å². The van der Waals surface area contributed by atoms with Crippen molar-refractivity contribution < 1.29 is 0 Å². The molecule has 17 heavy (non-hydrogen) atoms. The van der Waals surface area contributed by atoms with Crippen LogP contribution in [0.5, 0.6) is 0 Å². The van der Waals surface area contributed by atoms with Gasteiger partial charge in [-0.1, -0.05) is 18.2 Å². The molecule has 0 fully saturated rings. The van der Waals surface area contributed by atoms with Gasteiger partial charge in [0, 0.05) is 18.8 Å². The Morgan fingerprint density at radius 2 is 2.29 bits per heavy atom. The Morgan fingerprint density at radius 1 is 1.53 bits per heavy atom. The van der Waals surface area contributed by atoms with Gasteiger partial charge in [-0.05, 0) is 18.6 Å². The highest BCUT2D eigenvalue weighted by Gasteiger charge is 2.17. The van der Waals surface area contributed by atoms with E-state index in [2.05, 4.69) is 22.4 Å². The minimum atomic E-state index is 0.163. The van der Waals surface area contributed by atoms with Crippen LogP contribution in [0.1, 0.15) is 18.9 Å². The molecule has 0 bridgehead atoms. The zero-order valence-electron chi connectivity index (χ0n) is 10.1. The van der Waals surface area contributed by atoms with E-state index in [0.717, 1.165) is 11.6 Å². The van der Waals surface area contributed by atoms with Crippen molar-refractivity contribution in [2.24, 2.45) is 4.99 Å². The first-order chi connectivity index (χ1) is 8.22. The van der Waals surface area contributed by atoms with Crippen molar-refractivity contribution in [3.8, 4) is 6.07 Å². The van der Waals surface area contributed by atoms with Gasteiger partial charge in [-0.25, -0.2) is 4.99 Å². The van der Waals surface area contributed by atoms with Crippen LogP contribution in [0.3, 0.4) is 0 Å². The fourth-order valence-electron chi connectivity index (χ4n) is 1.78. The highest BCUT2D eigenvalue weighted by Crippen LogP contribution is 2.21. The molecule has 88 valence electrons. The molecule has 1 aliphatic rings. The standard InChI is InChI=1S/C13H16N4/c1-10(7-8-14)17(2)13-15-9-11-5-3-4-6-12(11)16-13/h3-6,10H,7,9H2,1-2H3,(H,15,16). The molecule has 1 heterocycles. The van der Waals surface area contributed by atoms with Crippen LogP contribution >= 0.6 is 0 Å². The summed E-state index contributed by atoms with van der Waals surface area (Å²) in [6.45, 7) is 2.72. The zero-order valence-corrected chi connectivity index (χ0v) is 10.1. The number of rotatable bonds is 2. The second-order valence-electron chi connectivity index (χ2n) is 4.24. The Hall–Kier alpha value is -2.02. The summed E-state index contributed by atoms with van der Waals surface area (Å²) in [5, 5.41) is 12.0. The van der Waals surface area contributed by atoms with Crippen LogP contribution in [0.25, 0.3) is 0 Å². The molecule has 0 aliphatic carbocycles. The van der Waals surface area contributed by atoms with E-state index in [4.69, 9.17) is 5.26 Å². The minimum absolute atomic E-state index is 0.163. The summed E-state index contributed by atoms with van der Waals surface area (Å²) in [5.41, 5.74) is 2.31. The third-order valence-electron chi connectivity index (χ3n) is 3.04. The summed E-state index contributed by atoms with van der Waals surface area (Å²) >= 11 is 0. The molecule has 2 rings (SSSR count). The lowest BCUT2D eigenvalue weighted by atomic mass is 10.1. The number of para-hydroxylation sites is 1. The number of nitrogens with one attached hydrogen (secondary N) is 1. The summed E-state index contributed by atoms with van der Waals surface area (Å²) in [6, 6.07) is 10.5. The summed E-state index contributed by atoms with van der Waals surface area (Å²) in [5.74, 6) is 0.839. The first kappa shape index (κ1) is 11.5. The molecular weight excluding hydrogens is 212 g/mol. The van der Waals surface area contributed by atoms with Crippen LogP contribution in [0.15, 0.2) is 29.3 Å². The number of nitrogens with zero attached hydrogens (tertiary/aromatic N) is 3. The van der Waals surface area contributed by atoms with Crippen molar-refractivity contribution in [1.29, 1.82) is 5.26 Å². The van der Waals surface area contributed by atoms with Crippen molar-refractivity contribution in [1.82, 2.24) is 4.90 Å². The molecule has 1 N–H and O–H groups in total. The molecule has 1 aromatic rings. The van der Waals surface area contributed by atoms with Gasteiger partial charge in [-0.2, -0.15) is 5.26 Å². The number of anilines is 1. The van der Waals surface area contributed by atoms with Gasteiger partial charge in [0.1, 0.15) is 0 Å². The Morgan fingerprint density at radius 3 is 3.06 bits per heavy atom. The molecule has 1 unspecified atom stereocenters. The maximum absolute atomic E-state index is 8.70. The second-order valence-corrected chi connectivity index (χ2v) is 4.24. The third kappa shape index (κ3) is 2.39. The molecule has 1 atom stereocenters. The monoisotopic (exact) mass is 228 g/mol. The summed E-state index contributed by atoms with van der Waals surface area (Å²) in [4.78, 5) is 6.51. The van der Waals surface area contributed by atoms with Gasteiger partial charge in [0.15, 0.2) is 5.96 Å². The predicted molar refractivity (Wildman–Crippen MR) is 68.7 cm³/mol.